The Morgan fingerprint density at radius 1 is 1.44 bits per heavy atom. The number of likely N-dealkylation sites (N-methyl/N-ethyl adjacent to an activating group) is 1. The number of fused-ring (bicyclic) bond motifs is 1. The summed E-state index contributed by atoms with van der Waals surface area (Å²) in [5.41, 5.74) is 1.15. The van der Waals surface area contributed by atoms with Crippen LogP contribution in [0.2, 0.25) is 0 Å². The lowest BCUT2D eigenvalue weighted by atomic mass is 9.98. The minimum Gasteiger partial charge on any atom is -0.493 e. The quantitative estimate of drug-likeness (QED) is 0.852. The Bertz CT molecular complexity index is 418. The van der Waals surface area contributed by atoms with E-state index in [9.17, 15) is 4.79 Å². The second-order valence-electron chi connectivity index (χ2n) is 4.90. The highest BCUT2D eigenvalue weighted by Gasteiger charge is 2.25. The molecule has 98 valence electrons. The van der Waals surface area contributed by atoms with Crippen LogP contribution in [0.1, 0.15) is 17.9 Å². The maximum atomic E-state index is 11.8. The Morgan fingerprint density at radius 3 is 3.00 bits per heavy atom. The highest BCUT2D eigenvalue weighted by Crippen LogP contribution is 2.35. The summed E-state index contributed by atoms with van der Waals surface area (Å²) in [4.78, 5) is 13.9. The van der Waals surface area contributed by atoms with Gasteiger partial charge in [-0.1, -0.05) is 18.2 Å². The zero-order valence-electron chi connectivity index (χ0n) is 11.0. The Hall–Kier alpha value is -1.55. The van der Waals surface area contributed by atoms with Gasteiger partial charge >= 0.3 is 0 Å². The third-order valence-electron chi connectivity index (χ3n) is 3.11. The zero-order chi connectivity index (χ0) is 13.0. The first-order chi connectivity index (χ1) is 8.66. The molecule has 0 aromatic heterocycles. The standard InChI is InChI=1S/C14H20N2O2/c1-16(2)8-7-15-14(17)9-11-10-18-13-6-4-3-5-12(11)13/h3-6,11H,7-10H2,1-2H3,(H,15,17). The van der Waals surface area contributed by atoms with Crippen molar-refractivity contribution < 1.29 is 9.53 Å². The fourth-order valence-electron chi connectivity index (χ4n) is 2.11. The number of ether oxygens (including phenoxy) is 1. The van der Waals surface area contributed by atoms with Crippen molar-refractivity contribution in [3.63, 3.8) is 0 Å². The van der Waals surface area contributed by atoms with Gasteiger partial charge in [-0.25, -0.2) is 0 Å². The van der Waals surface area contributed by atoms with Crippen LogP contribution in [-0.2, 0) is 4.79 Å². The number of nitrogens with zero attached hydrogens (tertiary/aromatic N) is 1. The summed E-state index contributed by atoms with van der Waals surface area (Å²) in [6, 6.07) is 7.95. The van der Waals surface area contributed by atoms with Crippen molar-refractivity contribution >= 4 is 5.91 Å². The van der Waals surface area contributed by atoms with Crippen LogP contribution >= 0.6 is 0 Å². The molecule has 0 fully saturated rings. The summed E-state index contributed by atoms with van der Waals surface area (Å²) in [5.74, 6) is 1.21. The van der Waals surface area contributed by atoms with Gasteiger partial charge in [0.1, 0.15) is 5.75 Å². The maximum absolute atomic E-state index is 11.8. The van der Waals surface area contributed by atoms with Gasteiger partial charge in [-0.15, -0.1) is 0 Å². The molecule has 0 saturated carbocycles. The van der Waals surface area contributed by atoms with Crippen LogP contribution in [0.15, 0.2) is 24.3 Å². The number of para-hydroxylation sites is 1. The molecule has 1 amide bonds. The molecule has 1 aromatic rings. The molecule has 0 aliphatic carbocycles. The van der Waals surface area contributed by atoms with E-state index in [1.54, 1.807) is 0 Å². The summed E-state index contributed by atoms with van der Waals surface area (Å²) in [6.45, 7) is 2.17. The highest BCUT2D eigenvalue weighted by atomic mass is 16.5. The maximum Gasteiger partial charge on any atom is 0.220 e. The van der Waals surface area contributed by atoms with Crippen molar-refractivity contribution in [1.29, 1.82) is 0 Å². The number of hydrogen-bond donors (Lipinski definition) is 1. The fourth-order valence-corrected chi connectivity index (χ4v) is 2.11. The number of carbonyl (C=O) groups is 1. The third kappa shape index (κ3) is 3.23. The first kappa shape index (κ1) is 12.9. The van der Waals surface area contributed by atoms with Gasteiger partial charge in [0.05, 0.1) is 6.61 Å². The summed E-state index contributed by atoms with van der Waals surface area (Å²) < 4.78 is 5.57. The molecule has 0 radical (unpaired) electrons. The van der Waals surface area contributed by atoms with Gasteiger partial charge in [0.25, 0.3) is 0 Å². The van der Waals surface area contributed by atoms with Gasteiger partial charge in [-0.05, 0) is 20.2 Å². The topological polar surface area (TPSA) is 41.6 Å². The average molecular weight is 248 g/mol. The molecular weight excluding hydrogens is 228 g/mol. The third-order valence-corrected chi connectivity index (χ3v) is 3.11. The van der Waals surface area contributed by atoms with Crippen LogP contribution in [0.3, 0.4) is 0 Å². The van der Waals surface area contributed by atoms with Gasteiger partial charge in [0.15, 0.2) is 0 Å². The van der Waals surface area contributed by atoms with Crippen LogP contribution in [0.4, 0.5) is 0 Å². The molecule has 1 unspecified atom stereocenters. The second kappa shape index (κ2) is 5.87. The van der Waals surface area contributed by atoms with Gasteiger partial charge in [-0.2, -0.15) is 0 Å². The lowest BCUT2D eigenvalue weighted by Gasteiger charge is -2.12. The van der Waals surface area contributed by atoms with Crippen molar-refractivity contribution in [2.75, 3.05) is 33.8 Å². The number of rotatable bonds is 5. The van der Waals surface area contributed by atoms with Crippen LogP contribution in [0.5, 0.6) is 5.75 Å². The summed E-state index contributed by atoms with van der Waals surface area (Å²) >= 11 is 0. The molecule has 4 heteroatoms. The van der Waals surface area contributed by atoms with E-state index in [0.29, 0.717) is 19.6 Å². The molecule has 1 heterocycles. The average Bonchev–Trinajstić information content (AvgIpc) is 2.72. The lowest BCUT2D eigenvalue weighted by molar-refractivity contribution is -0.121. The number of carbonyl (C=O) groups excluding carboxylic acids is 1. The van der Waals surface area contributed by atoms with Gasteiger partial charge in [0.2, 0.25) is 5.91 Å². The second-order valence-corrected chi connectivity index (χ2v) is 4.90. The lowest BCUT2D eigenvalue weighted by Crippen LogP contribution is -2.32. The van der Waals surface area contributed by atoms with Crippen molar-refractivity contribution in [3.05, 3.63) is 29.8 Å². The van der Waals surface area contributed by atoms with Crippen LogP contribution in [0.25, 0.3) is 0 Å². The van der Waals surface area contributed by atoms with Crippen LogP contribution in [0, 0.1) is 0 Å². The molecule has 1 aliphatic rings. The monoisotopic (exact) mass is 248 g/mol. The Morgan fingerprint density at radius 2 is 2.22 bits per heavy atom. The molecule has 0 bridgehead atoms. The molecule has 1 atom stereocenters. The van der Waals surface area contributed by atoms with E-state index in [0.717, 1.165) is 17.9 Å². The van der Waals surface area contributed by atoms with Gasteiger partial charge < -0.3 is 15.0 Å². The molecule has 1 N–H and O–H groups in total. The van der Waals surface area contributed by atoms with Crippen LogP contribution < -0.4 is 10.1 Å². The largest absolute Gasteiger partial charge is 0.493 e. The Kier molecular flexibility index (Phi) is 4.20. The zero-order valence-corrected chi connectivity index (χ0v) is 11.0. The highest BCUT2D eigenvalue weighted by molar-refractivity contribution is 5.77. The summed E-state index contributed by atoms with van der Waals surface area (Å²) in [5, 5.41) is 2.94. The molecule has 1 aliphatic heterocycles. The summed E-state index contributed by atoms with van der Waals surface area (Å²) in [6.07, 6.45) is 0.504. The minimum atomic E-state index is 0.0992. The van der Waals surface area contributed by atoms with E-state index < -0.39 is 0 Å². The van der Waals surface area contributed by atoms with E-state index >= 15 is 0 Å². The summed E-state index contributed by atoms with van der Waals surface area (Å²) in [7, 11) is 3.99. The van der Waals surface area contributed by atoms with E-state index in [1.807, 2.05) is 43.3 Å². The smallest absolute Gasteiger partial charge is 0.220 e. The number of benzene rings is 1. The molecule has 1 aromatic carbocycles. The van der Waals surface area contributed by atoms with E-state index in [2.05, 4.69) is 5.32 Å². The first-order valence-electron chi connectivity index (χ1n) is 6.30. The predicted molar refractivity (Wildman–Crippen MR) is 70.9 cm³/mol. The number of nitrogens with one attached hydrogen (secondary N) is 1. The molecule has 4 nitrogen and oxygen atoms in total. The van der Waals surface area contributed by atoms with Crippen LogP contribution in [-0.4, -0.2) is 44.6 Å². The first-order valence-corrected chi connectivity index (χ1v) is 6.30. The van der Waals surface area contributed by atoms with Crippen molar-refractivity contribution in [1.82, 2.24) is 10.2 Å². The van der Waals surface area contributed by atoms with Gasteiger partial charge in [-0.3, -0.25) is 4.79 Å². The number of hydrogen-bond acceptors (Lipinski definition) is 3. The molecule has 0 spiro atoms. The van der Waals surface area contributed by atoms with E-state index in [-0.39, 0.29) is 11.8 Å². The number of amides is 1. The van der Waals surface area contributed by atoms with E-state index in [4.69, 9.17) is 4.74 Å². The molecular formula is C14H20N2O2. The molecule has 2 rings (SSSR count). The van der Waals surface area contributed by atoms with Crippen molar-refractivity contribution in [2.24, 2.45) is 0 Å². The Labute approximate surface area is 108 Å². The van der Waals surface area contributed by atoms with Gasteiger partial charge in [0, 0.05) is 31.0 Å². The normalized spacial score (nSPS) is 17.4. The minimum absolute atomic E-state index is 0.0992. The SMILES string of the molecule is CN(C)CCNC(=O)CC1COc2ccccc21. The molecule has 18 heavy (non-hydrogen) atoms. The van der Waals surface area contributed by atoms with Crippen molar-refractivity contribution in [2.45, 2.75) is 12.3 Å². The Balaban J connectivity index is 1.82. The predicted octanol–water partition coefficient (Wildman–Crippen LogP) is 1.23. The molecule has 0 saturated heterocycles. The fraction of sp³-hybridized carbons (Fsp3) is 0.500. The van der Waals surface area contributed by atoms with Crippen molar-refractivity contribution in [3.8, 4) is 5.75 Å². The van der Waals surface area contributed by atoms with E-state index in [1.165, 1.54) is 0 Å².